The zero-order valence-electron chi connectivity index (χ0n) is 15.4. The normalized spacial score (nSPS) is 10.4. The molecule has 0 atom stereocenters. The molecule has 9 heteroatoms. The van der Waals surface area contributed by atoms with Crippen molar-refractivity contribution >= 4 is 17.5 Å². The van der Waals surface area contributed by atoms with E-state index in [0.717, 1.165) is 5.56 Å². The van der Waals surface area contributed by atoms with Gasteiger partial charge in [-0.3, -0.25) is 0 Å². The Morgan fingerprint density at radius 3 is 2.57 bits per heavy atom. The molecule has 0 saturated carbocycles. The van der Waals surface area contributed by atoms with Crippen LogP contribution in [0.5, 0.6) is 11.5 Å². The van der Waals surface area contributed by atoms with Crippen molar-refractivity contribution in [2.45, 2.75) is 0 Å². The van der Waals surface area contributed by atoms with Crippen molar-refractivity contribution in [1.29, 1.82) is 0 Å². The number of benzene rings is 1. The lowest BCUT2D eigenvalue weighted by Crippen LogP contribution is -2.10. The second-order valence-corrected chi connectivity index (χ2v) is 5.67. The molecule has 3 aromatic rings. The molecule has 1 aromatic carbocycles. The molecule has 3 N–H and O–H groups in total. The SMILES string of the molecule is COc1ccc(-c2cc(Nc3ccnc(F)c3)nc(NCCO)n2)cc1OC. The van der Waals surface area contributed by atoms with Crippen LogP contribution in [0.15, 0.2) is 42.6 Å². The van der Waals surface area contributed by atoms with E-state index < -0.39 is 5.95 Å². The van der Waals surface area contributed by atoms with Crippen molar-refractivity contribution in [3.8, 4) is 22.8 Å². The number of ether oxygens (including phenoxy) is 2. The van der Waals surface area contributed by atoms with E-state index in [9.17, 15) is 4.39 Å². The molecule has 0 bridgehead atoms. The first-order chi connectivity index (χ1) is 13.6. The number of hydrogen-bond acceptors (Lipinski definition) is 8. The van der Waals surface area contributed by atoms with Gasteiger partial charge < -0.3 is 25.2 Å². The van der Waals surface area contributed by atoms with E-state index in [4.69, 9.17) is 14.6 Å². The van der Waals surface area contributed by atoms with Gasteiger partial charge in [-0.2, -0.15) is 9.37 Å². The number of aliphatic hydroxyl groups is 1. The number of hydrogen-bond donors (Lipinski definition) is 3. The monoisotopic (exact) mass is 385 g/mol. The van der Waals surface area contributed by atoms with Gasteiger partial charge in [-0.1, -0.05) is 0 Å². The highest BCUT2D eigenvalue weighted by Crippen LogP contribution is 2.32. The first-order valence-corrected chi connectivity index (χ1v) is 8.47. The average molecular weight is 385 g/mol. The minimum atomic E-state index is -0.599. The molecule has 146 valence electrons. The molecule has 28 heavy (non-hydrogen) atoms. The summed E-state index contributed by atoms with van der Waals surface area (Å²) in [6.45, 7) is 0.223. The van der Waals surface area contributed by atoms with E-state index in [0.29, 0.717) is 41.2 Å². The van der Waals surface area contributed by atoms with Crippen LogP contribution in [0.1, 0.15) is 0 Å². The van der Waals surface area contributed by atoms with Gasteiger partial charge in [0.25, 0.3) is 0 Å². The van der Waals surface area contributed by atoms with Crippen molar-refractivity contribution < 1.29 is 19.0 Å². The van der Waals surface area contributed by atoms with Crippen molar-refractivity contribution in [2.24, 2.45) is 0 Å². The molecule has 0 spiro atoms. The van der Waals surface area contributed by atoms with Gasteiger partial charge in [-0.25, -0.2) is 9.97 Å². The van der Waals surface area contributed by atoms with Gasteiger partial charge in [0.05, 0.1) is 26.5 Å². The second-order valence-electron chi connectivity index (χ2n) is 5.67. The van der Waals surface area contributed by atoms with Crippen LogP contribution in [-0.2, 0) is 0 Å². The minimum Gasteiger partial charge on any atom is -0.493 e. The van der Waals surface area contributed by atoms with Crippen LogP contribution in [0.4, 0.5) is 21.8 Å². The molecule has 0 aliphatic carbocycles. The molecule has 2 aromatic heterocycles. The first-order valence-electron chi connectivity index (χ1n) is 8.47. The van der Waals surface area contributed by atoms with E-state index in [-0.39, 0.29) is 6.61 Å². The van der Waals surface area contributed by atoms with Gasteiger partial charge in [0.15, 0.2) is 11.5 Å². The molecule has 0 amide bonds. The van der Waals surface area contributed by atoms with Crippen LogP contribution in [-0.4, -0.2) is 47.4 Å². The lowest BCUT2D eigenvalue weighted by molar-refractivity contribution is 0.311. The van der Waals surface area contributed by atoms with E-state index in [2.05, 4.69) is 25.6 Å². The van der Waals surface area contributed by atoms with E-state index in [1.54, 1.807) is 38.5 Å². The Morgan fingerprint density at radius 2 is 1.86 bits per heavy atom. The zero-order valence-corrected chi connectivity index (χ0v) is 15.4. The third kappa shape index (κ3) is 4.63. The summed E-state index contributed by atoms with van der Waals surface area (Å²) < 4.78 is 24.0. The van der Waals surface area contributed by atoms with Gasteiger partial charge in [-0.15, -0.1) is 0 Å². The summed E-state index contributed by atoms with van der Waals surface area (Å²) in [6.07, 6.45) is 1.36. The number of halogens is 1. The fourth-order valence-electron chi connectivity index (χ4n) is 2.53. The largest absolute Gasteiger partial charge is 0.493 e. The third-order valence-corrected chi connectivity index (χ3v) is 3.80. The van der Waals surface area contributed by atoms with Crippen LogP contribution in [0, 0.1) is 5.95 Å². The molecule has 0 saturated heterocycles. The van der Waals surface area contributed by atoms with Crippen LogP contribution < -0.4 is 20.1 Å². The molecule has 0 radical (unpaired) electrons. The fraction of sp³-hybridized carbons (Fsp3) is 0.211. The Morgan fingerprint density at radius 1 is 1.04 bits per heavy atom. The maximum Gasteiger partial charge on any atom is 0.225 e. The van der Waals surface area contributed by atoms with Gasteiger partial charge >= 0.3 is 0 Å². The Kier molecular flexibility index (Phi) is 6.18. The molecule has 8 nitrogen and oxygen atoms in total. The molecular formula is C19H20FN5O3. The quantitative estimate of drug-likeness (QED) is 0.509. The molecule has 2 heterocycles. The van der Waals surface area contributed by atoms with Crippen molar-refractivity contribution in [2.75, 3.05) is 38.0 Å². The summed E-state index contributed by atoms with van der Waals surface area (Å²) in [5, 5.41) is 15.0. The third-order valence-electron chi connectivity index (χ3n) is 3.80. The smallest absolute Gasteiger partial charge is 0.225 e. The zero-order chi connectivity index (χ0) is 19.9. The van der Waals surface area contributed by atoms with Crippen LogP contribution in [0.2, 0.25) is 0 Å². The Labute approximate surface area is 161 Å². The van der Waals surface area contributed by atoms with Crippen LogP contribution >= 0.6 is 0 Å². The molecule has 0 aliphatic rings. The number of rotatable bonds is 8. The van der Waals surface area contributed by atoms with Crippen molar-refractivity contribution in [3.63, 3.8) is 0 Å². The Balaban J connectivity index is 2.00. The molecule has 0 unspecified atom stereocenters. The first kappa shape index (κ1) is 19.3. The topological polar surface area (TPSA) is 101 Å². The van der Waals surface area contributed by atoms with Crippen molar-refractivity contribution in [1.82, 2.24) is 15.0 Å². The van der Waals surface area contributed by atoms with Crippen molar-refractivity contribution in [3.05, 3.63) is 48.5 Å². The number of aliphatic hydroxyl groups excluding tert-OH is 1. The highest BCUT2D eigenvalue weighted by molar-refractivity contribution is 5.69. The number of nitrogens with one attached hydrogen (secondary N) is 2. The van der Waals surface area contributed by atoms with E-state index >= 15 is 0 Å². The summed E-state index contributed by atoms with van der Waals surface area (Å²) in [4.78, 5) is 12.4. The van der Waals surface area contributed by atoms with E-state index in [1.165, 1.54) is 12.3 Å². The predicted molar refractivity (Wildman–Crippen MR) is 104 cm³/mol. The molecular weight excluding hydrogens is 365 g/mol. The minimum absolute atomic E-state index is 0.0672. The van der Waals surface area contributed by atoms with Gasteiger partial charge in [0, 0.05) is 36.1 Å². The predicted octanol–water partition coefficient (Wildman–Crippen LogP) is 2.84. The number of pyridine rings is 1. The second kappa shape index (κ2) is 8.96. The lowest BCUT2D eigenvalue weighted by atomic mass is 10.1. The van der Waals surface area contributed by atoms with Gasteiger partial charge in [0.1, 0.15) is 5.82 Å². The Bertz CT molecular complexity index is 955. The fourth-order valence-corrected chi connectivity index (χ4v) is 2.53. The summed E-state index contributed by atoms with van der Waals surface area (Å²) in [6, 6.07) is 10.0. The summed E-state index contributed by atoms with van der Waals surface area (Å²) in [5.74, 6) is 1.33. The molecule has 3 rings (SSSR count). The number of methoxy groups -OCH3 is 2. The maximum absolute atomic E-state index is 13.4. The number of aromatic nitrogens is 3. The summed E-state index contributed by atoms with van der Waals surface area (Å²) >= 11 is 0. The lowest BCUT2D eigenvalue weighted by Gasteiger charge is -2.13. The van der Waals surface area contributed by atoms with Crippen LogP contribution in [0.3, 0.4) is 0 Å². The molecule has 0 fully saturated rings. The summed E-state index contributed by atoms with van der Waals surface area (Å²) in [5.41, 5.74) is 1.88. The van der Waals surface area contributed by atoms with Gasteiger partial charge in [-0.05, 0) is 24.3 Å². The van der Waals surface area contributed by atoms with Gasteiger partial charge in [0.2, 0.25) is 11.9 Å². The Hall–Kier alpha value is -3.46. The average Bonchev–Trinajstić information content (AvgIpc) is 2.71. The highest BCUT2D eigenvalue weighted by atomic mass is 19.1. The maximum atomic E-state index is 13.4. The standard InChI is InChI=1S/C19H20FN5O3/c1-27-15-4-3-12(9-16(15)28-2)14-11-18(25-19(24-14)22-7-8-26)23-13-5-6-21-17(20)10-13/h3-6,9-11,26H,7-8H2,1-2H3,(H2,21,22,23,24,25). The van der Waals surface area contributed by atoms with E-state index in [1.807, 2.05) is 6.07 Å². The number of nitrogens with zero attached hydrogens (tertiary/aromatic N) is 3. The number of anilines is 3. The van der Waals surface area contributed by atoms with Crippen LogP contribution in [0.25, 0.3) is 11.3 Å². The molecule has 0 aliphatic heterocycles. The highest BCUT2D eigenvalue weighted by Gasteiger charge is 2.11. The summed E-state index contributed by atoms with van der Waals surface area (Å²) in [7, 11) is 3.12.